The minimum absolute atomic E-state index is 0.180. The van der Waals surface area contributed by atoms with Crippen molar-refractivity contribution in [2.24, 2.45) is 0 Å². The average molecular weight is 310 g/mol. The van der Waals surface area contributed by atoms with E-state index >= 15 is 0 Å². The molecule has 2 rings (SSSR count). The Hall–Kier alpha value is -1.99. The molecule has 1 N–H and O–H groups in total. The van der Waals surface area contributed by atoms with Gasteiger partial charge in [0, 0.05) is 12.6 Å². The summed E-state index contributed by atoms with van der Waals surface area (Å²) in [6, 6.07) is 8.29. The Morgan fingerprint density at radius 1 is 1.24 bits per heavy atom. The van der Waals surface area contributed by atoms with E-state index in [1.807, 2.05) is 0 Å². The van der Waals surface area contributed by atoms with Crippen molar-refractivity contribution in [3.63, 3.8) is 0 Å². The van der Waals surface area contributed by atoms with Crippen LogP contribution in [0.25, 0.3) is 0 Å². The Balaban J connectivity index is 2.38. The maximum atomic E-state index is 14.0. The molecule has 110 valence electrons. The normalized spacial score (nSPS) is 10.6. The zero-order valence-corrected chi connectivity index (χ0v) is 11.9. The second kappa shape index (κ2) is 6.64. The number of hydrogen-bond acceptors (Lipinski definition) is 4. The molecule has 0 fully saturated rings. The highest BCUT2D eigenvalue weighted by Gasteiger charge is 2.18. The number of nitro benzene ring substituents is 1. The molecule has 0 amide bonds. The van der Waals surface area contributed by atoms with Gasteiger partial charge in [0.05, 0.1) is 14.7 Å². The van der Waals surface area contributed by atoms with Gasteiger partial charge < -0.3 is 5.32 Å². The van der Waals surface area contributed by atoms with Crippen LogP contribution < -0.4 is 5.32 Å². The Morgan fingerprint density at radius 2 is 1.86 bits per heavy atom. The third-order valence-corrected chi connectivity index (χ3v) is 3.87. The summed E-state index contributed by atoms with van der Waals surface area (Å²) >= 11 is 0.711. The summed E-state index contributed by atoms with van der Waals surface area (Å²) < 4.78 is 28.0. The highest BCUT2D eigenvalue weighted by atomic mass is 32.2. The minimum Gasteiger partial charge on any atom is -0.316 e. The van der Waals surface area contributed by atoms with Crippen LogP contribution >= 0.6 is 11.8 Å². The predicted molar refractivity (Wildman–Crippen MR) is 76.3 cm³/mol. The van der Waals surface area contributed by atoms with Gasteiger partial charge in [0.1, 0.15) is 11.6 Å². The molecule has 0 heterocycles. The summed E-state index contributed by atoms with van der Waals surface area (Å²) in [5.41, 5.74) is 0.292. The van der Waals surface area contributed by atoms with Gasteiger partial charge in [-0.15, -0.1) is 0 Å². The van der Waals surface area contributed by atoms with Crippen molar-refractivity contribution in [1.82, 2.24) is 5.32 Å². The first-order valence-electron chi connectivity index (χ1n) is 6.06. The largest absolute Gasteiger partial charge is 0.316 e. The number of nitro groups is 1. The molecule has 0 saturated heterocycles. The fourth-order valence-electron chi connectivity index (χ4n) is 1.82. The monoisotopic (exact) mass is 310 g/mol. The fraction of sp³-hybridized carbons (Fsp3) is 0.143. The summed E-state index contributed by atoms with van der Waals surface area (Å²) in [6.07, 6.45) is 0. The van der Waals surface area contributed by atoms with Gasteiger partial charge in [-0.05, 0) is 30.8 Å². The predicted octanol–water partition coefficient (Wildman–Crippen LogP) is 3.74. The molecular weight excluding hydrogens is 298 g/mol. The SMILES string of the molecule is CNCc1cc(F)c(Sc2ccccc2[N+](=O)[O-])c(F)c1. The van der Waals surface area contributed by atoms with E-state index in [0.29, 0.717) is 23.9 Å². The number of rotatable bonds is 5. The number of para-hydroxylation sites is 1. The van der Waals surface area contributed by atoms with Gasteiger partial charge in [0.25, 0.3) is 5.69 Å². The first-order valence-corrected chi connectivity index (χ1v) is 6.88. The standard InChI is InChI=1S/C14H12F2N2O2S/c1-17-8-9-6-10(15)14(11(16)7-9)21-13-5-3-2-4-12(13)18(19)20/h2-7,17H,8H2,1H3. The molecule has 0 spiro atoms. The number of halogens is 2. The van der Waals surface area contributed by atoms with E-state index in [1.54, 1.807) is 13.1 Å². The molecule has 4 nitrogen and oxygen atoms in total. The topological polar surface area (TPSA) is 55.2 Å². The van der Waals surface area contributed by atoms with Crippen LogP contribution in [0.1, 0.15) is 5.56 Å². The molecule has 2 aromatic carbocycles. The fourth-order valence-corrected chi connectivity index (χ4v) is 2.75. The summed E-state index contributed by atoms with van der Waals surface area (Å²) in [6.45, 7) is 0.338. The van der Waals surface area contributed by atoms with Crippen LogP contribution in [-0.2, 0) is 6.54 Å². The quantitative estimate of drug-likeness (QED) is 0.675. The van der Waals surface area contributed by atoms with Crippen LogP contribution in [0.2, 0.25) is 0 Å². The summed E-state index contributed by atoms with van der Waals surface area (Å²) in [5, 5.41) is 13.7. The van der Waals surface area contributed by atoms with Gasteiger partial charge in [-0.1, -0.05) is 23.9 Å². The zero-order chi connectivity index (χ0) is 15.4. The van der Waals surface area contributed by atoms with Crippen molar-refractivity contribution < 1.29 is 13.7 Å². The van der Waals surface area contributed by atoms with Gasteiger partial charge in [0.15, 0.2) is 0 Å². The summed E-state index contributed by atoms with van der Waals surface area (Å²) in [5.74, 6) is -1.47. The van der Waals surface area contributed by atoms with E-state index in [4.69, 9.17) is 0 Å². The molecule has 0 aliphatic rings. The molecule has 0 saturated carbocycles. The lowest BCUT2D eigenvalue weighted by Crippen LogP contribution is -2.06. The third kappa shape index (κ3) is 3.56. The molecule has 0 bridgehead atoms. The van der Waals surface area contributed by atoms with Gasteiger partial charge in [0.2, 0.25) is 0 Å². The molecule has 0 aromatic heterocycles. The Kier molecular flexibility index (Phi) is 4.87. The van der Waals surface area contributed by atoms with E-state index in [-0.39, 0.29) is 15.5 Å². The molecule has 0 aliphatic carbocycles. The van der Waals surface area contributed by atoms with Crippen molar-refractivity contribution in [1.29, 1.82) is 0 Å². The molecule has 21 heavy (non-hydrogen) atoms. The van der Waals surface area contributed by atoms with E-state index in [2.05, 4.69) is 5.32 Å². The van der Waals surface area contributed by atoms with Gasteiger partial charge in [-0.2, -0.15) is 0 Å². The second-order valence-corrected chi connectivity index (χ2v) is 5.30. The van der Waals surface area contributed by atoms with E-state index in [0.717, 1.165) is 0 Å². The zero-order valence-electron chi connectivity index (χ0n) is 11.1. The van der Waals surface area contributed by atoms with Gasteiger partial charge >= 0.3 is 0 Å². The number of hydrogen-bond donors (Lipinski definition) is 1. The first kappa shape index (κ1) is 15.4. The third-order valence-electron chi connectivity index (χ3n) is 2.71. The smallest absolute Gasteiger partial charge is 0.283 e. The van der Waals surface area contributed by atoms with Crippen molar-refractivity contribution in [3.8, 4) is 0 Å². The highest BCUT2D eigenvalue weighted by molar-refractivity contribution is 7.99. The number of benzene rings is 2. The lowest BCUT2D eigenvalue weighted by molar-refractivity contribution is -0.387. The van der Waals surface area contributed by atoms with Crippen LogP contribution in [-0.4, -0.2) is 12.0 Å². The van der Waals surface area contributed by atoms with Crippen LogP contribution in [0.5, 0.6) is 0 Å². The van der Waals surface area contributed by atoms with Crippen molar-refractivity contribution in [2.45, 2.75) is 16.3 Å². The van der Waals surface area contributed by atoms with Gasteiger partial charge in [-0.3, -0.25) is 10.1 Å². The van der Waals surface area contributed by atoms with Crippen LogP contribution in [0.4, 0.5) is 14.5 Å². The Bertz CT molecular complexity index is 657. The maximum absolute atomic E-state index is 14.0. The summed E-state index contributed by atoms with van der Waals surface area (Å²) in [4.78, 5) is 10.3. The number of nitrogens with zero attached hydrogens (tertiary/aromatic N) is 1. The van der Waals surface area contributed by atoms with E-state index in [9.17, 15) is 18.9 Å². The molecule has 0 aliphatic heterocycles. The minimum atomic E-state index is -0.733. The second-order valence-electron chi connectivity index (χ2n) is 4.25. The molecule has 7 heteroatoms. The lowest BCUT2D eigenvalue weighted by atomic mass is 10.2. The first-order chi connectivity index (χ1) is 10.0. The Labute approximate surface area is 124 Å². The van der Waals surface area contributed by atoms with Crippen LogP contribution in [0, 0.1) is 21.7 Å². The van der Waals surface area contributed by atoms with E-state index in [1.165, 1.54) is 30.3 Å². The highest BCUT2D eigenvalue weighted by Crippen LogP contribution is 2.37. The molecule has 0 unspecified atom stereocenters. The van der Waals surface area contributed by atoms with Crippen LogP contribution in [0.15, 0.2) is 46.2 Å². The maximum Gasteiger partial charge on any atom is 0.283 e. The summed E-state index contributed by atoms with van der Waals surface area (Å²) in [7, 11) is 1.67. The number of nitrogens with one attached hydrogen (secondary N) is 1. The van der Waals surface area contributed by atoms with Crippen molar-refractivity contribution in [3.05, 3.63) is 63.7 Å². The van der Waals surface area contributed by atoms with Crippen molar-refractivity contribution in [2.75, 3.05) is 7.05 Å². The van der Waals surface area contributed by atoms with Crippen molar-refractivity contribution >= 4 is 17.4 Å². The molecular formula is C14H12F2N2O2S. The molecule has 0 radical (unpaired) electrons. The average Bonchev–Trinajstić information content (AvgIpc) is 2.43. The van der Waals surface area contributed by atoms with E-state index < -0.39 is 16.6 Å². The molecule has 2 aromatic rings. The molecule has 0 atom stereocenters. The lowest BCUT2D eigenvalue weighted by Gasteiger charge is -2.08. The Morgan fingerprint density at radius 3 is 2.43 bits per heavy atom. The van der Waals surface area contributed by atoms with Gasteiger partial charge in [-0.25, -0.2) is 8.78 Å². The van der Waals surface area contributed by atoms with Crippen LogP contribution in [0.3, 0.4) is 0 Å².